The van der Waals surface area contributed by atoms with Crippen molar-refractivity contribution in [3.05, 3.63) is 0 Å². The molecule has 0 saturated carbocycles. The van der Waals surface area contributed by atoms with E-state index in [4.69, 9.17) is 9.47 Å². The van der Waals surface area contributed by atoms with Gasteiger partial charge in [0.25, 0.3) is 5.91 Å². The van der Waals surface area contributed by atoms with E-state index in [1.54, 1.807) is 6.92 Å². The molecule has 2 aliphatic rings. The fourth-order valence-electron chi connectivity index (χ4n) is 2.01. The van der Waals surface area contributed by atoms with Crippen molar-refractivity contribution in [3.63, 3.8) is 0 Å². The van der Waals surface area contributed by atoms with Crippen molar-refractivity contribution in [1.82, 2.24) is 5.32 Å². The molecule has 2 rings (SSSR count). The highest BCUT2D eigenvalue weighted by molar-refractivity contribution is 5.89. The van der Waals surface area contributed by atoms with Gasteiger partial charge >= 0.3 is 5.97 Å². The van der Waals surface area contributed by atoms with E-state index in [2.05, 4.69) is 10.1 Å². The summed E-state index contributed by atoms with van der Waals surface area (Å²) in [5.74, 6) is -1.76. The van der Waals surface area contributed by atoms with Gasteiger partial charge in [-0.15, -0.1) is 0 Å². The Bertz CT molecular complexity index is 318. The molecule has 2 fully saturated rings. The van der Waals surface area contributed by atoms with Crippen molar-refractivity contribution in [2.45, 2.75) is 37.8 Å². The zero-order valence-corrected chi connectivity index (χ0v) is 9.32. The zero-order valence-electron chi connectivity index (χ0n) is 9.32. The average Bonchev–Trinajstić information content (AvgIpc) is 2.62. The SMILES string of the molecule is COC(=O)[C@@H]1O[C@@]2(C)CCCNC(=O)[C@@H]1O2. The Kier molecular flexibility index (Phi) is 2.86. The van der Waals surface area contributed by atoms with Crippen LogP contribution in [-0.2, 0) is 23.8 Å². The minimum Gasteiger partial charge on any atom is -0.467 e. The molecule has 2 bridgehead atoms. The summed E-state index contributed by atoms with van der Waals surface area (Å²) in [6.45, 7) is 2.31. The number of carbonyl (C=O) groups is 2. The first-order chi connectivity index (χ1) is 7.56. The van der Waals surface area contributed by atoms with E-state index in [1.165, 1.54) is 7.11 Å². The Labute approximate surface area is 93.2 Å². The van der Waals surface area contributed by atoms with E-state index in [0.29, 0.717) is 13.0 Å². The lowest BCUT2D eigenvalue weighted by Crippen LogP contribution is -2.45. The molecule has 2 heterocycles. The maximum Gasteiger partial charge on any atom is 0.338 e. The predicted molar refractivity (Wildman–Crippen MR) is 52.4 cm³/mol. The third kappa shape index (κ3) is 1.90. The number of methoxy groups -OCH3 is 1. The molecule has 0 aromatic rings. The molecule has 0 spiro atoms. The topological polar surface area (TPSA) is 73.9 Å². The lowest BCUT2D eigenvalue weighted by molar-refractivity contribution is -0.181. The number of amides is 1. The third-order valence-corrected chi connectivity index (χ3v) is 2.83. The van der Waals surface area contributed by atoms with Gasteiger partial charge < -0.3 is 19.5 Å². The maximum absolute atomic E-state index is 11.7. The van der Waals surface area contributed by atoms with Gasteiger partial charge in [0.2, 0.25) is 0 Å². The van der Waals surface area contributed by atoms with E-state index >= 15 is 0 Å². The molecule has 0 aromatic heterocycles. The van der Waals surface area contributed by atoms with Crippen LogP contribution in [0, 0.1) is 0 Å². The first-order valence-electron chi connectivity index (χ1n) is 5.27. The van der Waals surface area contributed by atoms with Gasteiger partial charge in [-0.25, -0.2) is 4.79 Å². The smallest absolute Gasteiger partial charge is 0.338 e. The quantitative estimate of drug-likeness (QED) is 0.617. The van der Waals surface area contributed by atoms with Crippen LogP contribution in [0.15, 0.2) is 0 Å². The van der Waals surface area contributed by atoms with Crippen molar-refractivity contribution in [2.75, 3.05) is 13.7 Å². The monoisotopic (exact) mass is 229 g/mol. The molecule has 2 saturated heterocycles. The van der Waals surface area contributed by atoms with E-state index in [1.807, 2.05) is 0 Å². The summed E-state index contributed by atoms with van der Waals surface area (Å²) in [5.41, 5.74) is 0. The van der Waals surface area contributed by atoms with Crippen molar-refractivity contribution in [3.8, 4) is 0 Å². The molecular weight excluding hydrogens is 214 g/mol. The first-order valence-corrected chi connectivity index (χ1v) is 5.27. The van der Waals surface area contributed by atoms with Crippen molar-refractivity contribution < 1.29 is 23.8 Å². The number of hydrogen-bond acceptors (Lipinski definition) is 5. The molecule has 16 heavy (non-hydrogen) atoms. The predicted octanol–water partition coefficient (Wildman–Crippen LogP) is -0.430. The van der Waals surface area contributed by atoms with Gasteiger partial charge in [0, 0.05) is 13.0 Å². The Hall–Kier alpha value is -1.14. The number of ether oxygens (including phenoxy) is 3. The fourth-order valence-corrected chi connectivity index (χ4v) is 2.01. The molecule has 1 amide bonds. The van der Waals surface area contributed by atoms with Crippen molar-refractivity contribution >= 4 is 11.9 Å². The second-order valence-electron chi connectivity index (χ2n) is 4.13. The Morgan fingerprint density at radius 2 is 2.31 bits per heavy atom. The Morgan fingerprint density at radius 3 is 3.00 bits per heavy atom. The highest BCUT2D eigenvalue weighted by atomic mass is 16.8. The number of fused-ring (bicyclic) bond motifs is 2. The summed E-state index contributed by atoms with van der Waals surface area (Å²) in [6, 6.07) is 0. The van der Waals surface area contributed by atoms with Crippen LogP contribution in [0.3, 0.4) is 0 Å². The van der Waals surface area contributed by atoms with Crippen molar-refractivity contribution in [2.24, 2.45) is 0 Å². The maximum atomic E-state index is 11.7. The molecular formula is C10H15NO5. The summed E-state index contributed by atoms with van der Waals surface area (Å²) in [7, 11) is 1.26. The summed E-state index contributed by atoms with van der Waals surface area (Å²) in [5, 5.41) is 2.69. The molecule has 1 N–H and O–H groups in total. The van der Waals surface area contributed by atoms with Crippen LogP contribution in [0.1, 0.15) is 19.8 Å². The number of nitrogens with one attached hydrogen (secondary N) is 1. The lowest BCUT2D eigenvalue weighted by Gasteiger charge is -2.24. The molecule has 0 radical (unpaired) electrons. The normalized spacial score (nSPS) is 38.5. The van der Waals surface area contributed by atoms with Gasteiger partial charge in [-0.3, -0.25) is 4.79 Å². The van der Waals surface area contributed by atoms with Gasteiger partial charge in [0.05, 0.1) is 7.11 Å². The van der Waals surface area contributed by atoms with Crippen molar-refractivity contribution in [1.29, 1.82) is 0 Å². The van der Waals surface area contributed by atoms with Crippen LogP contribution in [0.2, 0.25) is 0 Å². The zero-order chi connectivity index (χ0) is 11.8. The van der Waals surface area contributed by atoms with Gasteiger partial charge in [-0.05, 0) is 13.3 Å². The minimum atomic E-state index is -0.965. The second kappa shape index (κ2) is 4.03. The third-order valence-electron chi connectivity index (χ3n) is 2.83. The Morgan fingerprint density at radius 1 is 1.56 bits per heavy atom. The molecule has 6 heteroatoms. The van der Waals surface area contributed by atoms with Gasteiger partial charge in [-0.2, -0.15) is 0 Å². The van der Waals surface area contributed by atoms with E-state index < -0.39 is 24.0 Å². The molecule has 90 valence electrons. The van der Waals surface area contributed by atoms with Crippen LogP contribution in [0.25, 0.3) is 0 Å². The van der Waals surface area contributed by atoms with E-state index in [9.17, 15) is 9.59 Å². The molecule has 2 aliphatic heterocycles. The molecule has 0 unspecified atom stereocenters. The Balaban J connectivity index is 2.22. The highest BCUT2D eigenvalue weighted by Gasteiger charge is 2.52. The summed E-state index contributed by atoms with van der Waals surface area (Å²) >= 11 is 0. The van der Waals surface area contributed by atoms with Gasteiger partial charge in [-0.1, -0.05) is 0 Å². The van der Waals surface area contributed by atoms with Crippen LogP contribution in [-0.4, -0.2) is 43.5 Å². The summed E-state index contributed by atoms with van der Waals surface area (Å²) in [4.78, 5) is 23.1. The van der Waals surface area contributed by atoms with Gasteiger partial charge in [0.1, 0.15) is 0 Å². The molecule has 6 nitrogen and oxygen atoms in total. The van der Waals surface area contributed by atoms with Crippen LogP contribution in [0.5, 0.6) is 0 Å². The fraction of sp³-hybridized carbons (Fsp3) is 0.800. The molecule has 0 aliphatic carbocycles. The van der Waals surface area contributed by atoms with E-state index in [0.717, 1.165) is 6.42 Å². The number of carbonyl (C=O) groups excluding carboxylic acids is 2. The lowest BCUT2D eigenvalue weighted by atomic mass is 10.1. The van der Waals surface area contributed by atoms with Gasteiger partial charge in [0.15, 0.2) is 18.0 Å². The number of hydrogen-bond donors (Lipinski definition) is 1. The molecule has 3 atom stereocenters. The second-order valence-corrected chi connectivity index (χ2v) is 4.13. The summed E-state index contributed by atoms with van der Waals surface area (Å²) in [6.07, 6.45) is -0.481. The van der Waals surface area contributed by atoms with E-state index in [-0.39, 0.29) is 5.91 Å². The summed E-state index contributed by atoms with van der Waals surface area (Å²) < 4.78 is 15.6. The largest absolute Gasteiger partial charge is 0.467 e. The first kappa shape index (κ1) is 11.3. The number of esters is 1. The average molecular weight is 229 g/mol. The van der Waals surface area contributed by atoms with Crippen LogP contribution in [0.4, 0.5) is 0 Å². The van der Waals surface area contributed by atoms with Crippen LogP contribution >= 0.6 is 0 Å². The standard InChI is InChI=1S/C10H15NO5/c1-10-4-3-5-11-8(12)6(15-10)7(16-10)9(13)14-2/h6-7H,3-5H2,1-2H3,(H,11,12)/t6-,7-,10+/m1/s1. The van der Waals surface area contributed by atoms with Crippen LogP contribution < -0.4 is 5.32 Å². The molecule has 0 aromatic carbocycles. The highest BCUT2D eigenvalue weighted by Crippen LogP contribution is 2.34. The minimum absolute atomic E-state index is 0.321. The number of rotatable bonds is 1.